The summed E-state index contributed by atoms with van der Waals surface area (Å²) in [4.78, 5) is 10.8. The van der Waals surface area contributed by atoms with Gasteiger partial charge in [0.2, 0.25) is 0 Å². The van der Waals surface area contributed by atoms with E-state index >= 15 is 0 Å². The highest BCUT2D eigenvalue weighted by Gasteiger charge is 2.37. The van der Waals surface area contributed by atoms with Gasteiger partial charge in [-0.1, -0.05) is 196 Å². The average molecular weight is 753 g/mol. The molecule has 9 aromatic carbocycles. The van der Waals surface area contributed by atoms with Crippen molar-refractivity contribution in [2.45, 2.75) is 19.3 Å². The van der Waals surface area contributed by atoms with Crippen LogP contribution in [0.5, 0.6) is 0 Å². The third kappa shape index (κ3) is 5.87. The molecule has 0 aliphatic heterocycles. The lowest BCUT2D eigenvalue weighted by Gasteiger charge is -2.23. The largest absolute Gasteiger partial charge is 0.228 e. The minimum atomic E-state index is -0.101. The zero-order valence-electron chi connectivity index (χ0n) is 33.0. The average Bonchev–Trinajstić information content (AvgIpc) is 3.54. The maximum atomic E-state index is 5.47. The first-order chi connectivity index (χ1) is 29.0. The van der Waals surface area contributed by atoms with Gasteiger partial charge >= 0.3 is 0 Å². The molecule has 1 heterocycles. The fourth-order valence-corrected chi connectivity index (χ4v) is 9.43. The third-order valence-corrected chi connectivity index (χ3v) is 12.3. The number of rotatable bonds is 6. The van der Waals surface area contributed by atoms with E-state index in [0.717, 1.165) is 50.2 Å². The van der Waals surface area contributed by atoms with E-state index in [0.29, 0.717) is 5.82 Å². The van der Waals surface area contributed by atoms with E-state index in [4.69, 9.17) is 9.97 Å². The summed E-state index contributed by atoms with van der Waals surface area (Å²) in [6.45, 7) is 4.74. The fourth-order valence-electron chi connectivity index (χ4n) is 9.43. The molecule has 1 aliphatic rings. The lowest BCUT2D eigenvalue weighted by atomic mass is 9.80. The number of hydrogen-bond acceptors (Lipinski definition) is 2. The molecule has 59 heavy (non-hydrogen) atoms. The maximum Gasteiger partial charge on any atom is 0.161 e. The van der Waals surface area contributed by atoms with Crippen molar-refractivity contribution in [2.24, 2.45) is 0 Å². The molecule has 278 valence electrons. The first-order valence-electron chi connectivity index (χ1n) is 20.4. The topological polar surface area (TPSA) is 25.8 Å². The molecule has 2 nitrogen and oxygen atoms in total. The Kier molecular flexibility index (Phi) is 8.20. The Morgan fingerprint density at radius 1 is 0.322 bits per heavy atom. The minimum absolute atomic E-state index is 0.101. The summed E-state index contributed by atoms with van der Waals surface area (Å²) >= 11 is 0. The molecule has 1 aromatic heterocycles. The molecule has 0 saturated carbocycles. The molecule has 0 amide bonds. The van der Waals surface area contributed by atoms with Gasteiger partial charge in [-0.15, -0.1) is 0 Å². The van der Waals surface area contributed by atoms with Crippen LogP contribution in [0.25, 0.3) is 100.0 Å². The van der Waals surface area contributed by atoms with Gasteiger partial charge in [-0.25, -0.2) is 9.97 Å². The molecular weight excluding hydrogens is 713 g/mol. The summed E-state index contributed by atoms with van der Waals surface area (Å²) < 4.78 is 0. The van der Waals surface area contributed by atoms with Crippen molar-refractivity contribution in [3.8, 4) is 78.4 Å². The molecule has 0 radical (unpaired) electrons. The van der Waals surface area contributed by atoms with Gasteiger partial charge in [-0.2, -0.15) is 0 Å². The monoisotopic (exact) mass is 752 g/mol. The van der Waals surface area contributed by atoms with Gasteiger partial charge < -0.3 is 0 Å². The van der Waals surface area contributed by atoms with Crippen LogP contribution in [0.2, 0.25) is 0 Å². The standard InChI is InChI=1S/C57H40N2/c1-57(2)52-33-28-42(35-50(52)48-30-26-39-20-12-13-23-45(39)55(48)57)44-31-32-49(47-25-15-14-24-46(44)47)56-58-53(40-21-10-5-11-22-40)36-54(59-56)51-34-41(37-16-6-3-7-17-37)27-29-43(51)38-18-8-4-9-19-38/h3-36H,1-2H3. The summed E-state index contributed by atoms with van der Waals surface area (Å²) in [5, 5.41) is 4.92. The van der Waals surface area contributed by atoms with E-state index in [1.54, 1.807) is 0 Å². The number of hydrogen-bond donors (Lipinski definition) is 0. The Balaban J connectivity index is 1.10. The van der Waals surface area contributed by atoms with Crippen LogP contribution >= 0.6 is 0 Å². The van der Waals surface area contributed by atoms with E-state index in [1.807, 2.05) is 0 Å². The lowest BCUT2D eigenvalue weighted by Crippen LogP contribution is -2.15. The summed E-state index contributed by atoms with van der Waals surface area (Å²) in [5.41, 5.74) is 17.2. The molecule has 0 saturated heterocycles. The van der Waals surface area contributed by atoms with Crippen LogP contribution in [0.4, 0.5) is 0 Å². The molecule has 0 atom stereocenters. The smallest absolute Gasteiger partial charge is 0.161 e. The van der Waals surface area contributed by atoms with Crippen molar-refractivity contribution in [2.75, 3.05) is 0 Å². The summed E-state index contributed by atoms with van der Waals surface area (Å²) in [6, 6.07) is 74.2. The van der Waals surface area contributed by atoms with E-state index < -0.39 is 0 Å². The second kappa shape index (κ2) is 13.9. The predicted molar refractivity (Wildman–Crippen MR) is 247 cm³/mol. The van der Waals surface area contributed by atoms with Crippen molar-refractivity contribution >= 4 is 21.5 Å². The van der Waals surface area contributed by atoms with Crippen molar-refractivity contribution in [1.29, 1.82) is 0 Å². The van der Waals surface area contributed by atoms with Gasteiger partial charge in [-0.3, -0.25) is 0 Å². The van der Waals surface area contributed by atoms with Gasteiger partial charge in [0.15, 0.2) is 5.82 Å². The maximum absolute atomic E-state index is 5.47. The molecule has 0 unspecified atom stereocenters. The van der Waals surface area contributed by atoms with Crippen LogP contribution in [0.3, 0.4) is 0 Å². The van der Waals surface area contributed by atoms with Crippen LogP contribution in [0, 0.1) is 0 Å². The highest BCUT2D eigenvalue weighted by Crippen LogP contribution is 2.52. The molecule has 0 fully saturated rings. The normalized spacial score (nSPS) is 12.7. The molecule has 0 N–H and O–H groups in total. The SMILES string of the molecule is CC1(C)c2ccc(-c3ccc(-c4nc(-c5ccccc5)cc(-c5cc(-c6ccccc6)ccc5-c5ccccc5)n4)c4ccccc34)cc2-c2ccc3ccccc3c21. The van der Waals surface area contributed by atoms with E-state index in [2.05, 4.69) is 220 Å². The van der Waals surface area contributed by atoms with Crippen molar-refractivity contribution in [3.63, 3.8) is 0 Å². The molecule has 10 aromatic rings. The van der Waals surface area contributed by atoms with Crippen LogP contribution in [0.1, 0.15) is 25.0 Å². The van der Waals surface area contributed by atoms with Gasteiger partial charge in [0, 0.05) is 22.1 Å². The third-order valence-electron chi connectivity index (χ3n) is 12.3. The highest BCUT2D eigenvalue weighted by molar-refractivity contribution is 6.06. The van der Waals surface area contributed by atoms with E-state index in [1.165, 1.54) is 55.1 Å². The summed E-state index contributed by atoms with van der Waals surface area (Å²) in [6.07, 6.45) is 0. The first kappa shape index (κ1) is 34.8. The molecule has 0 spiro atoms. The Hall–Kier alpha value is -7.42. The Bertz CT molecular complexity index is 3220. The highest BCUT2D eigenvalue weighted by atomic mass is 14.9. The van der Waals surface area contributed by atoms with Gasteiger partial charge in [0.25, 0.3) is 0 Å². The van der Waals surface area contributed by atoms with Gasteiger partial charge in [-0.05, 0) is 101 Å². The minimum Gasteiger partial charge on any atom is -0.228 e. The summed E-state index contributed by atoms with van der Waals surface area (Å²) in [7, 11) is 0. The van der Waals surface area contributed by atoms with Crippen molar-refractivity contribution < 1.29 is 0 Å². The predicted octanol–water partition coefficient (Wildman–Crippen LogP) is 15.1. The van der Waals surface area contributed by atoms with Crippen LogP contribution in [0.15, 0.2) is 206 Å². The van der Waals surface area contributed by atoms with Crippen molar-refractivity contribution in [3.05, 3.63) is 217 Å². The molecule has 2 heteroatoms. The zero-order chi connectivity index (χ0) is 39.5. The Morgan fingerprint density at radius 3 is 1.61 bits per heavy atom. The first-order valence-corrected chi connectivity index (χ1v) is 20.4. The number of benzene rings is 9. The Labute approximate surface area is 345 Å². The zero-order valence-corrected chi connectivity index (χ0v) is 33.0. The Morgan fingerprint density at radius 2 is 0.864 bits per heavy atom. The lowest BCUT2D eigenvalue weighted by molar-refractivity contribution is 0.666. The van der Waals surface area contributed by atoms with Crippen LogP contribution in [-0.2, 0) is 5.41 Å². The fraction of sp³-hybridized carbons (Fsp3) is 0.0526. The van der Waals surface area contributed by atoms with E-state index in [9.17, 15) is 0 Å². The van der Waals surface area contributed by atoms with Gasteiger partial charge in [0.1, 0.15) is 0 Å². The number of aromatic nitrogens is 2. The van der Waals surface area contributed by atoms with Crippen LogP contribution in [-0.4, -0.2) is 9.97 Å². The molecule has 11 rings (SSSR count). The van der Waals surface area contributed by atoms with Crippen LogP contribution < -0.4 is 0 Å². The van der Waals surface area contributed by atoms with Crippen molar-refractivity contribution in [1.82, 2.24) is 9.97 Å². The molecule has 0 bridgehead atoms. The number of nitrogens with zero attached hydrogens (tertiary/aromatic N) is 2. The van der Waals surface area contributed by atoms with Gasteiger partial charge in [0.05, 0.1) is 11.4 Å². The quantitative estimate of drug-likeness (QED) is 0.169. The number of fused-ring (bicyclic) bond motifs is 6. The molecule has 1 aliphatic carbocycles. The molecular formula is C57H40N2. The second-order valence-corrected chi connectivity index (χ2v) is 16.1. The summed E-state index contributed by atoms with van der Waals surface area (Å²) in [5.74, 6) is 0.699. The second-order valence-electron chi connectivity index (χ2n) is 16.1. The van der Waals surface area contributed by atoms with E-state index in [-0.39, 0.29) is 5.41 Å².